The Morgan fingerprint density at radius 1 is 0.816 bits per heavy atom. The van der Waals surface area contributed by atoms with Gasteiger partial charge in [-0.25, -0.2) is 0 Å². The molecule has 0 spiro atoms. The fourth-order valence-corrected chi connectivity index (χ4v) is 3.80. The SMILES string of the molecule is N=C(N)c1ccc(NC(=O)C(C(=O)NCc2cccc(-c3ccccc3)c2)c2ccccc2)cc1.O=CO. The summed E-state index contributed by atoms with van der Waals surface area (Å²) in [6, 6.07) is 33.6. The topological polar surface area (TPSA) is 145 Å². The van der Waals surface area contributed by atoms with Gasteiger partial charge in [-0.1, -0.05) is 78.9 Å². The van der Waals surface area contributed by atoms with Gasteiger partial charge >= 0.3 is 0 Å². The normalized spacial score (nSPS) is 10.7. The lowest BCUT2D eigenvalue weighted by molar-refractivity contribution is -0.129. The number of carbonyl (C=O) groups excluding carboxylic acids is 2. The van der Waals surface area contributed by atoms with Gasteiger partial charge in [-0.15, -0.1) is 0 Å². The number of carboxylic acid groups (broad SMARTS) is 1. The Morgan fingerprint density at radius 2 is 1.39 bits per heavy atom. The molecule has 4 aromatic carbocycles. The Hall–Kier alpha value is -5.24. The molecule has 0 aliphatic heterocycles. The van der Waals surface area contributed by atoms with E-state index in [2.05, 4.69) is 10.6 Å². The molecule has 8 nitrogen and oxygen atoms in total. The van der Waals surface area contributed by atoms with Gasteiger partial charge in [0.2, 0.25) is 11.8 Å². The molecule has 0 bridgehead atoms. The van der Waals surface area contributed by atoms with Crippen LogP contribution in [0.15, 0.2) is 109 Å². The molecular formula is C30H28N4O4. The fourth-order valence-electron chi connectivity index (χ4n) is 3.80. The van der Waals surface area contributed by atoms with Crippen LogP contribution in [0.25, 0.3) is 11.1 Å². The molecule has 0 saturated heterocycles. The first-order valence-corrected chi connectivity index (χ1v) is 11.7. The second kappa shape index (κ2) is 13.7. The predicted molar refractivity (Wildman–Crippen MR) is 148 cm³/mol. The third kappa shape index (κ3) is 7.63. The fraction of sp³-hybridized carbons (Fsp3) is 0.0667. The molecule has 1 atom stereocenters. The maximum absolute atomic E-state index is 13.2. The van der Waals surface area contributed by atoms with E-state index in [0.717, 1.165) is 16.7 Å². The van der Waals surface area contributed by atoms with Gasteiger partial charge in [0.1, 0.15) is 11.8 Å². The van der Waals surface area contributed by atoms with E-state index < -0.39 is 11.8 Å². The summed E-state index contributed by atoms with van der Waals surface area (Å²) in [4.78, 5) is 34.8. The Labute approximate surface area is 220 Å². The highest BCUT2D eigenvalue weighted by Gasteiger charge is 2.28. The van der Waals surface area contributed by atoms with Crippen LogP contribution in [0.2, 0.25) is 0 Å². The molecular weight excluding hydrogens is 480 g/mol. The summed E-state index contributed by atoms with van der Waals surface area (Å²) in [7, 11) is 0. The maximum Gasteiger partial charge on any atom is 0.290 e. The van der Waals surface area contributed by atoms with E-state index in [1.54, 1.807) is 48.5 Å². The van der Waals surface area contributed by atoms with E-state index in [0.29, 0.717) is 23.4 Å². The van der Waals surface area contributed by atoms with Crippen molar-refractivity contribution >= 4 is 29.8 Å². The van der Waals surface area contributed by atoms with Crippen molar-refractivity contribution in [1.29, 1.82) is 5.41 Å². The molecule has 192 valence electrons. The van der Waals surface area contributed by atoms with Crippen molar-refractivity contribution in [3.05, 3.63) is 126 Å². The molecule has 6 N–H and O–H groups in total. The molecule has 0 aliphatic rings. The average molecular weight is 509 g/mol. The lowest BCUT2D eigenvalue weighted by atomic mass is 9.96. The van der Waals surface area contributed by atoms with E-state index >= 15 is 0 Å². The molecule has 0 heterocycles. The molecule has 4 rings (SSSR count). The van der Waals surface area contributed by atoms with Crippen LogP contribution in [0.1, 0.15) is 22.6 Å². The quantitative estimate of drug-likeness (QED) is 0.104. The van der Waals surface area contributed by atoms with Gasteiger partial charge in [-0.3, -0.25) is 19.8 Å². The first-order valence-electron chi connectivity index (χ1n) is 11.7. The van der Waals surface area contributed by atoms with E-state index in [1.165, 1.54) is 0 Å². The van der Waals surface area contributed by atoms with Gasteiger partial charge in [0.05, 0.1) is 0 Å². The van der Waals surface area contributed by atoms with Gasteiger partial charge < -0.3 is 21.5 Å². The number of hydrogen-bond donors (Lipinski definition) is 5. The molecule has 0 fully saturated rings. The minimum atomic E-state index is -1.03. The Balaban J connectivity index is 0.00000127. The van der Waals surface area contributed by atoms with Crippen molar-refractivity contribution in [2.75, 3.05) is 5.32 Å². The first kappa shape index (κ1) is 27.3. The lowest BCUT2D eigenvalue weighted by Gasteiger charge is -2.18. The molecule has 0 saturated carbocycles. The van der Waals surface area contributed by atoms with Crippen LogP contribution in [0.3, 0.4) is 0 Å². The first-order chi connectivity index (χ1) is 18.4. The number of nitrogen functional groups attached to an aromatic ring is 1. The zero-order valence-electron chi connectivity index (χ0n) is 20.5. The predicted octanol–water partition coefficient (Wildman–Crippen LogP) is 4.38. The van der Waals surface area contributed by atoms with Crippen molar-refractivity contribution in [3.8, 4) is 11.1 Å². The van der Waals surface area contributed by atoms with Gasteiger partial charge in [-0.05, 0) is 52.6 Å². The standard InChI is InChI=1S/C29H26N4O2.CH2O2/c30-27(31)23-14-16-25(17-15-23)33-29(35)26(22-11-5-2-6-12-22)28(34)32-19-20-8-7-13-24(18-20)21-9-3-1-4-10-21;2-1-3/h1-18,26H,19H2,(H3,30,31)(H,32,34)(H,33,35);1H,(H,2,3). The summed E-state index contributed by atoms with van der Waals surface area (Å²) in [5.41, 5.74) is 10.3. The highest BCUT2D eigenvalue weighted by molar-refractivity contribution is 6.11. The molecule has 8 heteroatoms. The summed E-state index contributed by atoms with van der Waals surface area (Å²) in [6.07, 6.45) is 0. The zero-order valence-corrected chi connectivity index (χ0v) is 20.5. The van der Waals surface area contributed by atoms with Crippen LogP contribution in [0.4, 0.5) is 5.69 Å². The Kier molecular flexibility index (Phi) is 9.89. The number of nitrogens with one attached hydrogen (secondary N) is 3. The summed E-state index contributed by atoms with van der Waals surface area (Å²) in [5.74, 6) is -1.91. The maximum atomic E-state index is 13.2. The number of amidine groups is 1. The Morgan fingerprint density at radius 3 is 2.00 bits per heavy atom. The average Bonchev–Trinajstić information content (AvgIpc) is 2.94. The highest BCUT2D eigenvalue weighted by atomic mass is 16.3. The number of nitrogens with two attached hydrogens (primary N) is 1. The lowest BCUT2D eigenvalue weighted by Crippen LogP contribution is -2.36. The largest absolute Gasteiger partial charge is 0.483 e. The molecule has 0 aliphatic carbocycles. The summed E-state index contributed by atoms with van der Waals surface area (Å²) < 4.78 is 0. The molecule has 2 amide bonds. The molecule has 1 unspecified atom stereocenters. The van der Waals surface area contributed by atoms with Crippen molar-refractivity contribution in [2.24, 2.45) is 5.73 Å². The minimum Gasteiger partial charge on any atom is -0.483 e. The second-order valence-corrected chi connectivity index (χ2v) is 8.21. The summed E-state index contributed by atoms with van der Waals surface area (Å²) in [6.45, 7) is 0.0451. The van der Waals surface area contributed by atoms with E-state index in [9.17, 15) is 9.59 Å². The number of carbonyl (C=O) groups is 3. The molecule has 38 heavy (non-hydrogen) atoms. The van der Waals surface area contributed by atoms with Gasteiger partial charge in [-0.2, -0.15) is 0 Å². The van der Waals surface area contributed by atoms with Crippen molar-refractivity contribution in [3.63, 3.8) is 0 Å². The third-order valence-electron chi connectivity index (χ3n) is 5.62. The third-order valence-corrected chi connectivity index (χ3v) is 5.62. The van der Waals surface area contributed by atoms with Gasteiger partial charge in [0, 0.05) is 17.8 Å². The number of benzene rings is 4. The Bertz CT molecular complexity index is 1370. The summed E-state index contributed by atoms with van der Waals surface area (Å²) in [5, 5.41) is 20.1. The zero-order chi connectivity index (χ0) is 27.3. The molecule has 0 aromatic heterocycles. The van der Waals surface area contributed by atoms with Crippen LogP contribution >= 0.6 is 0 Å². The number of amides is 2. The van der Waals surface area contributed by atoms with Crippen molar-refractivity contribution in [1.82, 2.24) is 5.32 Å². The minimum absolute atomic E-state index is 0.0549. The van der Waals surface area contributed by atoms with E-state index in [4.69, 9.17) is 21.0 Å². The summed E-state index contributed by atoms with van der Waals surface area (Å²) >= 11 is 0. The van der Waals surface area contributed by atoms with Crippen molar-refractivity contribution in [2.45, 2.75) is 12.5 Å². The number of rotatable bonds is 8. The van der Waals surface area contributed by atoms with E-state index in [-0.39, 0.29) is 18.2 Å². The van der Waals surface area contributed by atoms with Crippen LogP contribution in [-0.4, -0.2) is 29.2 Å². The number of hydrogen-bond acceptors (Lipinski definition) is 4. The van der Waals surface area contributed by atoms with Crippen LogP contribution in [-0.2, 0) is 20.9 Å². The molecule has 0 radical (unpaired) electrons. The van der Waals surface area contributed by atoms with Crippen LogP contribution < -0.4 is 16.4 Å². The second-order valence-electron chi connectivity index (χ2n) is 8.21. The van der Waals surface area contributed by atoms with E-state index in [1.807, 2.05) is 60.7 Å². The van der Waals surface area contributed by atoms with Crippen LogP contribution in [0.5, 0.6) is 0 Å². The van der Waals surface area contributed by atoms with Gasteiger partial charge in [0.25, 0.3) is 6.47 Å². The smallest absolute Gasteiger partial charge is 0.290 e. The highest BCUT2D eigenvalue weighted by Crippen LogP contribution is 2.22. The monoisotopic (exact) mass is 508 g/mol. The van der Waals surface area contributed by atoms with Crippen molar-refractivity contribution < 1.29 is 19.5 Å². The number of anilines is 1. The molecule has 4 aromatic rings. The van der Waals surface area contributed by atoms with Crippen LogP contribution in [0, 0.1) is 5.41 Å². The van der Waals surface area contributed by atoms with Gasteiger partial charge in [0.15, 0.2) is 0 Å².